The Balaban J connectivity index is 2.33. The highest BCUT2D eigenvalue weighted by Gasteiger charge is 2.33. The van der Waals surface area contributed by atoms with Crippen LogP contribution in [0.3, 0.4) is 0 Å². The number of hydrogen-bond acceptors (Lipinski definition) is 2. The van der Waals surface area contributed by atoms with E-state index < -0.39 is 0 Å². The Morgan fingerprint density at radius 2 is 2.27 bits per heavy atom. The zero-order valence-corrected chi connectivity index (χ0v) is 7.56. The molecule has 2 heteroatoms. The molecule has 0 aromatic carbocycles. The molecule has 0 spiro atoms. The first-order chi connectivity index (χ1) is 5.33. The lowest BCUT2D eigenvalue weighted by Gasteiger charge is -2.26. The van der Waals surface area contributed by atoms with Gasteiger partial charge in [-0.3, -0.25) is 0 Å². The van der Waals surface area contributed by atoms with E-state index in [2.05, 4.69) is 6.92 Å². The zero-order valence-electron chi connectivity index (χ0n) is 7.56. The maximum absolute atomic E-state index is 5.67. The SMILES string of the molecule is CCOCC1(CC)CCCO1. The molecule has 11 heavy (non-hydrogen) atoms. The molecule has 2 nitrogen and oxygen atoms in total. The molecule has 66 valence electrons. The van der Waals surface area contributed by atoms with Gasteiger partial charge in [0.25, 0.3) is 0 Å². The second-order valence-corrected chi connectivity index (χ2v) is 3.13. The fourth-order valence-corrected chi connectivity index (χ4v) is 1.54. The van der Waals surface area contributed by atoms with E-state index in [1.807, 2.05) is 6.92 Å². The van der Waals surface area contributed by atoms with Crippen molar-refractivity contribution in [1.29, 1.82) is 0 Å². The van der Waals surface area contributed by atoms with Gasteiger partial charge in [-0.05, 0) is 26.2 Å². The van der Waals surface area contributed by atoms with Gasteiger partial charge in [0, 0.05) is 13.2 Å². The Morgan fingerprint density at radius 1 is 1.45 bits per heavy atom. The molecular formula is C9H18O2. The molecule has 1 rings (SSSR count). The van der Waals surface area contributed by atoms with E-state index >= 15 is 0 Å². The standard InChI is InChI=1S/C9H18O2/c1-3-9(8-10-4-2)6-5-7-11-9/h3-8H2,1-2H3. The van der Waals surface area contributed by atoms with Crippen LogP contribution in [-0.4, -0.2) is 25.4 Å². The predicted octanol–water partition coefficient (Wildman–Crippen LogP) is 1.98. The highest BCUT2D eigenvalue weighted by molar-refractivity contribution is 4.83. The van der Waals surface area contributed by atoms with Crippen molar-refractivity contribution in [2.24, 2.45) is 0 Å². The van der Waals surface area contributed by atoms with Gasteiger partial charge >= 0.3 is 0 Å². The molecule has 1 saturated heterocycles. The van der Waals surface area contributed by atoms with Crippen molar-refractivity contribution in [3.8, 4) is 0 Å². The van der Waals surface area contributed by atoms with E-state index in [1.165, 1.54) is 12.8 Å². The summed E-state index contributed by atoms with van der Waals surface area (Å²) < 4.78 is 11.1. The van der Waals surface area contributed by atoms with E-state index in [9.17, 15) is 0 Å². The Labute approximate surface area is 68.9 Å². The predicted molar refractivity (Wildman–Crippen MR) is 44.7 cm³/mol. The minimum absolute atomic E-state index is 0.0655. The summed E-state index contributed by atoms with van der Waals surface area (Å²) in [5, 5.41) is 0. The van der Waals surface area contributed by atoms with E-state index in [0.29, 0.717) is 0 Å². The first kappa shape index (κ1) is 9.01. The molecule has 0 aromatic heterocycles. The summed E-state index contributed by atoms with van der Waals surface area (Å²) in [6.07, 6.45) is 3.44. The molecular weight excluding hydrogens is 140 g/mol. The molecule has 0 bridgehead atoms. The average molecular weight is 158 g/mol. The van der Waals surface area contributed by atoms with Crippen molar-refractivity contribution in [3.63, 3.8) is 0 Å². The van der Waals surface area contributed by atoms with Gasteiger partial charge in [0.05, 0.1) is 12.2 Å². The van der Waals surface area contributed by atoms with Crippen LogP contribution in [0.15, 0.2) is 0 Å². The summed E-state index contributed by atoms with van der Waals surface area (Å²) in [6, 6.07) is 0. The lowest BCUT2D eigenvalue weighted by Crippen LogP contribution is -2.32. The van der Waals surface area contributed by atoms with Crippen LogP contribution in [0.1, 0.15) is 33.1 Å². The molecule has 0 aromatic rings. The molecule has 1 atom stereocenters. The van der Waals surface area contributed by atoms with Crippen molar-refractivity contribution < 1.29 is 9.47 Å². The lowest BCUT2D eigenvalue weighted by molar-refractivity contribution is -0.0630. The minimum atomic E-state index is 0.0655. The Kier molecular flexibility index (Phi) is 3.34. The van der Waals surface area contributed by atoms with Crippen molar-refractivity contribution in [2.75, 3.05) is 19.8 Å². The smallest absolute Gasteiger partial charge is 0.0913 e. The maximum atomic E-state index is 5.67. The van der Waals surface area contributed by atoms with Gasteiger partial charge in [-0.1, -0.05) is 6.92 Å². The van der Waals surface area contributed by atoms with Gasteiger partial charge in [-0.2, -0.15) is 0 Å². The minimum Gasteiger partial charge on any atom is -0.379 e. The third-order valence-corrected chi connectivity index (χ3v) is 2.40. The van der Waals surface area contributed by atoms with Crippen LogP contribution in [0.25, 0.3) is 0 Å². The fraction of sp³-hybridized carbons (Fsp3) is 1.00. The van der Waals surface area contributed by atoms with Crippen LogP contribution in [0.2, 0.25) is 0 Å². The van der Waals surface area contributed by atoms with Crippen LogP contribution in [0.4, 0.5) is 0 Å². The van der Waals surface area contributed by atoms with Crippen molar-refractivity contribution in [2.45, 2.75) is 38.7 Å². The lowest BCUT2D eigenvalue weighted by atomic mass is 9.98. The fourth-order valence-electron chi connectivity index (χ4n) is 1.54. The van der Waals surface area contributed by atoms with Crippen molar-refractivity contribution in [1.82, 2.24) is 0 Å². The molecule has 1 heterocycles. The first-order valence-corrected chi connectivity index (χ1v) is 4.55. The molecule has 1 unspecified atom stereocenters. The van der Waals surface area contributed by atoms with Crippen LogP contribution < -0.4 is 0 Å². The van der Waals surface area contributed by atoms with Gasteiger partial charge in [-0.15, -0.1) is 0 Å². The molecule has 0 saturated carbocycles. The Morgan fingerprint density at radius 3 is 2.73 bits per heavy atom. The second kappa shape index (κ2) is 4.07. The normalized spacial score (nSPS) is 31.1. The summed E-state index contributed by atoms with van der Waals surface area (Å²) in [5.41, 5.74) is 0.0655. The number of rotatable bonds is 4. The van der Waals surface area contributed by atoms with Crippen LogP contribution in [0, 0.1) is 0 Å². The van der Waals surface area contributed by atoms with Crippen LogP contribution >= 0.6 is 0 Å². The van der Waals surface area contributed by atoms with Gasteiger partial charge < -0.3 is 9.47 Å². The van der Waals surface area contributed by atoms with Gasteiger partial charge in [0.15, 0.2) is 0 Å². The highest BCUT2D eigenvalue weighted by atomic mass is 16.5. The summed E-state index contributed by atoms with van der Waals surface area (Å²) in [4.78, 5) is 0. The number of ether oxygens (including phenoxy) is 2. The average Bonchev–Trinajstić information content (AvgIpc) is 2.50. The largest absolute Gasteiger partial charge is 0.379 e. The van der Waals surface area contributed by atoms with E-state index in [-0.39, 0.29) is 5.60 Å². The quantitative estimate of drug-likeness (QED) is 0.623. The van der Waals surface area contributed by atoms with Crippen molar-refractivity contribution in [3.05, 3.63) is 0 Å². The third-order valence-electron chi connectivity index (χ3n) is 2.40. The highest BCUT2D eigenvalue weighted by Crippen LogP contribution is 2.28. The van der Waals surface area contributed by atoms with Gasteiger partial charge in [0.2, 0.25) is 0 Å². The molecule has 0 amide bonds. The maximum Gasteiger partial charge on any atom is 0.0913 e. The molecule has 1 fully saturated rings. The van der Waals surface area contributed by atoms with E-state index in [0.717, 1.165) is 26.2 Å². The third kappa shape index (κ3) is 2.17. The molecule has 0 aliphatic carbocycles. The topological polar surface area (TPSA) is 18.5 Å². The van der Waals surface area contributed by atoms with Crippen LogP contribution in [-0.2, 0) is 9.47 Å². The van der Waals surface area contributed by atoms with Gasteiger partial charge in [-0.25, -0.2) is 0 Å². The molecule has 0 radical (unpaired) electrons. The van der Waals surface area contributed by atoms with Crippen molar-refractivity contribution >= 4 is 0 Å². The summed E-state index contributed by atoms with van der Waals surface area (Å²) in [5.74, 6) is 0. The first-order valence-electron chi connectivity index (χ1n) is 4.55. The second-order valence-electron chi connectivity index (χ2n) is 3.13. The molecule has 1 aliphatic heterocycles. The molecule has 1 aliphatic rings. The van der Waals surface area contributed by atoms with Gasteiger partial charge in [0.1, 0.15) is 0 Å². The summed E-state index contributed by atoms with van der Waals surface area (Å²) >= 11 is 0. The summed E-state index contributed by atoms with van der Waals surface area (Å²) in [7, 11) is 0. The number of hydrogen-bond donors (Lipinski definition) is 0. The monoisotopic (exact) mass is 158 g/mol. The van der Waals surface area contributed by atoms with E-state index in [4.69, 9.17) is 9.47 Å². The van der Waals surface area contributed by atoms with Crippen LogP contribution in [0.5, 0.6) is 0 Å². The summed E-state index contributed by atoms with van der Waals surface area (Å²) in [6.45, 7) is 6.69. The Bertz CT molecular complexity index is 106. The zero-order chi connectivity index (χ0) is 8.16. The Hall–Kier alpha value is -0.0800. The van der Waals surface area contributed by atoms with E-state index in [1.54, 1.807) is 0 Å². The molecule has 0 N–H and O–H groups in total.